The Kier molecular flexibility index (Phi) is 5.77. The van der Waals surface area contributed by atoms with Gasteiger partial charge in [-0.15, -0.1) is 0 Å². The highest BCUT2D eigenvalue weighted by molar-refractivity contribution is 5.52. The largest absolute Gasteiger partial charge is 0.487 e. The summed E-state index contributed by atoms with van der Waals surface area (Å²) in [5.41, 5.74) is 5.64. The summed E-state index contributed by atoms with van der Waals surface area (Å²) in [7, 11) is 0. The molecule has 17 heavy (non-hydrogen) atoms. The third kappa shape index (κ3) is 4.23. The maximum Gasteiger partial charge on any atom is 0.171 e. The molecule has 96 valence electrons. The molecule has 0 amide bonds. The molecule has 0 aliphatic carbocycles. The number of nitrogens with two attached hydrogens (primary N) is 1. The molecule has 0 radical (unpaired) electrons. The van der Waals surface area contributed by atoms with E-state index in [9.17, 15) is 0 Å². The third-order valence-corrected chi connectivity index (χ3v) is 2.31. The smallest absolute Gasteiger partial charge is 0.171 e. The number of pyridine rings is 1. The second-order valence-corrected chi connectivity index (χ2v) is 4.27. The minimum absolute atomic E-state index is 0.152. The van der Waals surface area contributed by atoms with Crippen molar-refractivity contribution < 1.29 is 4.74 Å². The summed E-state index contributed by atoms with van der Waals surface area (Å²) < 4.78 is 5.77. The standard InChI is InChI=1S/C13H23N3O/c1-4-9-16(10-7-14)13-12(17-11(2)3)6-5-8-15-13/h5-6,8,11H,4,7,9-10,14H2,1-3H3. The van der Waals surface area contributed by atoms with Crippen LogP contribution in [0.15, 0.2) is 18.3 Å². The molecule has 1 heterocycles. The Hall–Kier alpha value is -1.29. The van der Waals surface area contributed by atoms with Crippen molar-refractivity contribution in [3.8, 4) is 5.75 Å². The Morgan fingerprint density at radius 3 is 2.76 bits per heavy atom. The van der Waals surface area contributed by atoms with Gasteiger partial charge in [-0.1, -0.05) is 6.92 Å². The Bertz CT molecular complexity index is 322. The molecular formula is C13H23N3O. The highest BCUT2D eigenvalue weighted by Crippen LogP contribution is 2.26. The summed E-state index contributed by atoms with van der Waals surface area (Å²) in [4.78, 5) is 6.59. The first-order valence-corrected chi connectivity index (χ1v) is 6.25. The van der Waals surface area contributed by atoms with Gasteiger partial charge in [0.25, 0.3) is 0 Å². The van der Waals surface area contributed by atoms with Crippen molar-refractivity contribution in [2.45, 2.75) is 33.3 Å². The van der Waals surface area contributed by atoms with E-state index in [2.05, 4.69) is 16.8 Å². The van der Waals surface area contributed by atoms with Crippen LogP contribution in [0.5, 0.6) is 5.75 Å². The molecule has 0 aromatic carbocycles. The van der Waals surface area contributed by atoms with Gasteiger partial charge < -0.3 is 15.4 Å². The molecule has 0 aliphatic heterocycles. The second kappa shape index (κ2) is 7.12. The first kappa shape index (κ1) is 13.8. The molecule has 0 aliphatic rings. The molecule has 0 fully saturated rings. The van der Waals surface area contributed by atoms with E-state index in [0.29, 0.717) is 6.54 Å². The molecule has 1 aromatic rings. The number of rotatable bonds is 7. The van der Waals surface area contributed by atoms with Gasteiger partial charge >= 0.3 is 0 Å². The molecule has 0 saturated heterocycles. The van der Waals surface area contributed by atoms with Crippen molar-refractivity contribution in [1.82, 2.24) is 4.98 Å². The van der Waals surface area contributed by atoms with Crippen molar-refractivity contribution in [2.24, 2.45) is 5.73 Å². The van der Waals surface area contributed by atoms with E-state index in [0.717, 1.165) is 31.1 Å². The van der Waals surface area contributed by atoms with Crippen LogP contribution in [0.25, 0.3) is 0 Å². The lowest BCUT2D eigenvalue weighted by Crippen LogP contribution is -2.31. The van der Waals surface area contributed by atoms with Crippen LogP contribution >= 0.6 is 0 Å². The van der Waals surface area contributed by atoms with Gasteiger partial charge in [-0.3, -0.25) is 0 Å². The molecule has 0 saturated carbocycles. The number of nitrogens with zero attached hydrogens (tertiary/aromatic N) is 2. The molecule has 2 N–H and O–H groups in total. The Balaban J connectivity index is 2.91. The molecule has 4 heteroatoms. The van der Waals surface area contributed by atoms with Crippen LogP contribution in [-0.2, 0) is 0 Å². The van der Waals surface area contributed by atoms with Gasteiger partial charge in [0, 0.05) is 25.8 Å². The Morgan fingerprint density at radius 2 is 2.18 bits per heavy atom. The predicted octanol–water partition coefficient (Wildman–Crippen LogP) is 2.04. The summed E-state index contributed by atoms with van der Waals surface area (Å²) >= 11 is 0. The molecule has 4 nitrogen and oxygen atoms in total. The van der Waals surface area contributed by atoms with Gasteiger partial charge in [0.15, 0.2) is 11.6 Å². The highest BCUT2D eigenvalue weighted by atomic mass is 16.5. The number of anilines is 1. The van der Waals surface area contributed by atoms with Gasteiger partial charge in [-0.05, 0) is 32.4 Å². The van der Waals surface area contributed by atoms with Gasteiger partial charge in [0.1, 0.15) is 0 Å². The number of hydrogen-bond acceptors (Lipinski definition) is 4. The normalized spacial score (nSPS) is 10.6. The number of aromatic nitrogens is 1. The van der Waals surface area contributed by atoms with E-state index in [1.165, 1.54) is 0 Å². The third-order valence-electron chi connectivity index (χ3n) is 2.31. The van der Waals surface area contributed by atoms with Crippen molar-refractivity contribution in [2.75, 3.05) is 24.5 Å². The SMILES string of the molecule is CCCN(CCN)c1ncccc1OC(C)C. The number of hydrogen-bond donors (Lipinski definition) is 1. The monoisotopic (exact) mass is 237 g/mol. The molecule has 1 aromatic heterocycles. The van der Waals surface area contributed by atoms with E-state index >= 15 is 0 Å². The molecule has 0 unspecified atom stereocenters. The minimum Gasteiger partial charge on any atom is -0.487 e. The van der Waals surface area contributed by atoms with Crippen molar-refractivity contribution in [1.29, 1.82) is 0 Å². The average Bonchev–Trinajstić information content (AvgIpc) is 2.29. The van der Waals surface area contributed by atoms with Crippen LogP contribution in [0.1, 0.15) is 27.2 Å². The summed E-state index contributed by atoms with van der Waals surface area (Å²) in [5.74, 6) is 1.73. The lowest BCUT2D eigenvalue weighted by Gasteiger charge is -2.25. The summed E-state index contributed by atoms with van der Waals surface area (Å²) in [6.07, 6.45) is 3.01. The first-order chi connectivity index (χ1) is 8.19. The van der Waals surface area contributed by atoms with E-state index in [-0.39, 0.29) is 6.10 Å². The zero-order valence-corrected chi connectivity index (χ0v) is 11.0. The maximum absolute atomic E-state index is 5.77. The molecule has 0 atom stereocenters. The highest BCUT2D eigenvalue weighted by Gasteiger charge is 2.13. The molecule has 0 spiro atoms. The molecular weight excluding hydrogens is 214 g/mol. The van der Waals surface area contributed by atoms with Gasteiger partial charge in [-0.25, -0.2) is 4.98 Å². The van der Waals surface area contributed by atoms with Gasteiger partial charge in [0.2, 0.25) is 0 Å². The fraction of sp³-hybridized carbons (Fsp3) is 0.615. The molecule has 0 bridgehead atoms. The van der Waals surface area contributed by atoms with Crippen molar-refractivity contribution >= 4 is 5.82 Å². The van der Waals surface area contributed by atoms with Crippen molar-refractivity contribution in [3.63, 3.8) is 0 Å². The lowest BCUT2D eigenvalue weighted by atomic mass is 10.3. The van der Waals surface area contributed by atoms with E-state index < -0.39 is 0 Å². The van der Waals surface area contributed by atoms with E-state index in [1.807, 2.05) is 26.0 Å². The van der Waals surface area contributed by atoms with E-state index in [1.54, 1.807) is 6.20 Å². The zero-order valence-electron chi connectivity index (χ0n) is 11.0. The summed E-state index contributed by atoms with van der Waals surface area (Å²) in [5, 5.41) is 0. The zero-order chi connectivity index (χ0) is 12.7. The van der Waals surface area contributed by atoms with Crippen LogP contribution in [-0.4, -0.2) is 30.7 Å². The van der Waals surface area contributed by atoms with Gasteiger partial charge in [0.05, 0.1) is 6.10 Å². The fourth-order valence-corrected chi connectivity index (χ4v) is 1.71. The van der Waals surface area contributed by atoms with Crippen molar-refractivity contribution in [3.05, 3.63) is 18.3 Å². The maximum atomic E-state index is 5.77. The Labute approximate surface area is 104 Å². The van der Waals surface area contributed by atoms with Crippen LogP contribution in [0.3, 0.4) is 0 Å². The van der Waals surface area contributed by atoms with Crippen LogP contribution < -0.4 is 15.4 Å². The topological polar surface area (TPSA) is 51.4 Å². The minimum atomic E-state index is 0.152. The lowest BCUT2D eigenvalue weighted by molar-refractivity contribution is 0.242. The number of ether oxygens (including phenoxy) is 1. The second-order valence-electron chi connectivity index (χ2n) is 4.27. The first-order valence-electron chi connectivity index (χ1n) is 6.25. The predicted molar refractivity (Wildman–Crippen MR) is 71.6 cm³/mol. The van der Waals surface area contributed by atoms with Crippen LogP contribution in [0, 0.1) is 0 Å². The summed E-state index contributed by atoms with van der Waals surface area (Å²) in [6, 6.07) is 3.86. The van der Waals surface area contributed by atoms with Gasteiger partial charge in [-0.2, -0.15) is 0 Å². The quantitative estimate of drug-likeness (QED) is 0.788. The molecule has 1 rings (SSSR count). The Morgan fingerprint density at radius 1 is 1.41 bits per heavy atom. The van der Waals surface area contributed by atoms with Crippen LogP contribution in [0.4, 0.5) is 5.82 Å². The average molecular weight is 237 g/mol. The van der Waals surface area contributed by atoms with Crippen LogP contribution in [0.2, 0.25) is 0 Å². The fourth-order valence-electron chi connectivity index (χ4n) is 1.71. The summed E-state index contributed by atoms with van der Waals surface area (Å²) in [6.45, 7) is 8.56. The van der Waals surface area contributed by atoms with E-state index in [4.69, 9.17) is 10.5 Å².